The average Bonchev–Trinajstić information content (AvgIpc) is 1.54. The highest BCUT2D eigenvalue weighted by Crippen LogP contribution is 2.36. The first-order valence-electron chi connectivity index (χ1n) is 3.65. The Morgan fingerprint density at radius 3 is 2.50 bits per heavy atom. The summed E-state index contributed by atoms with van der Waals surface area (Å²) in [6, 6.07) is 0. The Bertz CT molecular complexity index is 197. The van der Waals surface area contributed by atoms with Crippen molar-refractivity contribution in [3.8, 4) is 0 Å². The first-order chi connectivity index (χ1) is 4.49. The highest BCUT2D eigenvalue weighted by atomic mass is 14.2. The van der Waals surface area contributed by atoms with E-state index in [0.29, 0.717) is 0 Å². The lowest BCUT2D eigenvalue weighted by Crippen LogP contribution is -2.08. The fourth-order valence-electron chi connectivity index (χ4n) is 1.65. The molecule has 0 aromatic carbocycles. The highest BCUT2D eigenvalue weighted by molar-refractivity contribution is 6.16. The summed E-state index contributed by atoms with van der Waals surface area (Å²) in [7, 11) is 5.94. The standard InChI is InChI=1S/C9H13B/c1-7-4-8(2)6-9(3,10)5-7/h4-5H,6H2,1-3H3. The maximum absolute atomic E-state index is 5.94. The Labute approximate surface area is 64.4 Å². The fourth-order valence-corrected chi connectivity index (χ4v) is 1.65. The molecule has 0 saturated heterocycles. The van der Waals surface area contributed by atoms with Gasteiger partial charge in [-0.1, -0.05) is 30.2 Å². The molecule has 1 unspecified atom stereocenters. The third kappa shape index (κ3) is 1.76. The maximum Gasteiger partial charge on any atom is 0.0802 e. The minimum absolute atomic E-state index is 0.108. The van der Waals surface area contributed by atoms with Gasteiger partial charge in [-0.25, -0.2) is 0 Å². The van der Waals surface area contributed by atoms with Crippen LogP contribution in [0.5, 0.6) is 0 Å². The van der Waals surface area contributed by atoms with Gasteiger partial charge in [-0.05, 0) is 25.6 Å². The van der Waals surface area contributed by atoms with Crippen LogP contribution < -0.4 is 0 Å². The lowest BCUT2D eigenvalue weighted by Gasteiger charge is -2.25. The quantitative estimate of drug-likeness (QED) is 0.444. The van der Waals surface area contributed by atoms with Gasteiger partial charge in [0.15, 0.2) is 0 Å². The van der Waals surface area contributed by atoms with Crippen molar-refractivity contribution in [2.45, 2.75) is 32.5 Å². The van der Waals surface area contributed by atoms with Crippen LogP contribution in [0.15, 0.2) is 23.3 Å². The van der Waals surface area contributed by atoms with Crippen LogP contribution in [0.2, 0.25) is 5.31 Å². The van der Waals surface area contributed by atoms with Crippen LogP contribution in [0.25, 0.3) is 0 Å². The second-order valence-corrected chi connectivity index (χ2v) is 3.56. The van der Waals surface area contributed by atoms with Crippen molar-refractivity contribution in [1.29, 1.82) is 0 Å². The van der Waals surface area contributed by atoms with Crippen LogP contribution in [0.3, 0.4) is 0 Å². The molecule has 52 valence electrons. The minimum atomic E-state index is -0.108. The Hall–Kier alpha value is -0.455. The van der Waals surface area contributed by atoms with Crippen LogP contribution in [0.4, 0.5) is 0 Å². The van der Waals surface area contributed by atoms with Crippen molar-refractivity contribution in [2.24, 2.45) is 0 Å². The van der Waals surface area contributed by atoms with Crippen LogP contribution in [0.1, 0.15) is 27.2 Å². The molecule has 1 aliphatic carbocycles. The van der Waals surface area contributed by atoms with Gasteiger partial charge in [0.25, 0.3) is 0 Å². The molecule has 0 aromatic heterocycles. The van der Waals surface area contributed by atoms with Gasteiger partial charge in [0.05, 0.1) is 7.85 Å². The Balaban J connectivity index is 2.88. The lowest BCUT2D eigenvalue weighted by atomic mass is 9.64. The summed E-state index contributed by atoms with van der Waals surface area (Å²) < 4.78 is 0. The molecule has 0 heterocycles. The van der Waals surface area contributed by atoms with E-state index < -0.39 is 0 Å². The van der Waals surface area contributed by atoms with Gasteiger partial charge in [-0.3, -0.25) is 0 Å². The number of hydrogen-bond donors (Lipinski definition) is 0. The second kappa shape index (κ2) is 2.30. The van der Waals surface area contributed by atoms with Crippen molar-refractivity contribution in [1.82, 2.24) is 0 Å². The van der Waals surface area contributed by atoms with Crippen molar-refractivity contribution >= 4 is 7.85 Å². The molecule has 0 aromatic rings. The summed E-state index contributed by atoms with van der Waals surface area (Å²) in [6.45, 7) is 6.28. The van der Waals surface area contributed by atoms with Crippen LogP contribution in [0, 0.1) is 0 Å². The molecule has 10 heavy (non-hydrogen) atoms. The molecule has 0 amide bonds. The number of hydrogen-bond acceptors (Lipinski definition) is 0. The maximum atomic E-state index is 5.94. The highest BCUT2D eigenvalue weighted by Gasteiger charge is 2.17. The largest absolute Gasteiger partial charge is 0.0841 e. The molecule has 0 spiro atoms. The van der Waals surface area contributed by atoms with Gasteiger partial charge >= 0.3 is 0 Å². The topological polar surface area (TPSA) is 0 Å². The zero-order valence-electron chi connectivity index (χ0n) is 6.94. The molecule has 1 rings (SSSR count). The number of rotatable bonds is 0. The summed E-state index contributed by atoms with van der Waals surface area (Å²) in [5, 5.41) is -0.108. The lowest BCUT2D eigenvalue weighted by molar-refractivity contribution is 0.726. The van der Waals surface area contributed by atoms with Gasteiger partial charge in [-0.15, -0.1) is 0 Å². The van der Waals surface area contributed by atoms with Crippen molar-refractivity contribution in [2.75, 3.05) is 0 Å². The smallest absolute Gasteiger partial charge is 0.0802 e. The minimum Gasteiger partial charge on any atom is -0.0841 e. The van der Waals surface area contributed by atoms with E-state index in [1.807, 2.05) is 0 Å². The van der Waals surface area contributed by atoms with Gasteiger partial charge in [0.1, 0.15) is 0 Å². The number of allylic oxidation sites excluding steroid dienone is 4. The van der Waals surface area contributed by atoms with Gasteiger partial charge < -0.3 is 0 Å². The summed E-state index contributed by atoms with van der Waals surface area (Å²) in [5.74, 6) is 0. The molecule has 0 aliphatic heterocycles. The summed E-state index contributed by atoms with van der Waals surface area (Å²) >= 11 is 0. The van der Waals surface area contributed by atoms with E-state index in [-0.39, 0.29) is 5.31 Å². The summed E-state index contributed by atoms with van der Waals surface area (Å²) in [6.07, 6.45) is 5.30. The van der Waals surface area contributed by atoms with E-state index in [1.165, 1.54) is 11.1 Å². The molecule has 0 nitrogen and oxygen atoms in total. The normalized spacial score (nSPS) is 33.1. The van der Waals surface area contributed by atoms with Crippen molar-refractivity contribution < 1.29 is 0 Å². The monoisotopic (exact) mass is 132 g/mol. The molecule has 0 fully saturated rings. The van der Waals surface area contributed by atoms with E-state index in [2.05, 4.69) is 32.9 Å². The predicted octanol–water partition coefficient (Wildman–Crippen LogP) is 2.63. The summed E-state index contributed by atoms with van der Waals surface area (Å²) in [5.41, 5.74) is 2.67. The van der Waals surface area contributed by atoms with Crippen molar-refractivity contribution in [3.63, 3.8) is 0 Å². The Morgan fingerprint density at radius 2 is 2.10 bits per heavy atom. The SMILES string of the molecule is [B]C1(C)C=C(C)C=C(C)C1. The van der Waals surface area contributed by atoms with Gasteiger partial charge in [0, 0.05) is 0 Å². The Kier molecular flexibility index (Phi) is 1.76. The first-order valence-corrected chi connectivity index (χ1v) is 3.65. The van der Waals surface area contributed by atoms with Crippen LogP contribution in [-0.4, -0.2) is 7.85 Å². The van der Waals surface area contributed by atoms with Gasteiger partial charge in [-0.2, -0.15) is 0 Å². The molecule has 0 bridgehead atoms. The van der Waals surface area contributed by atoms with E-state index in [4.69, 9.17) is 7.85 Å². The van der Waals surface area contributed by atoms with E-state index in [9.17, 15) is 0 Å². The third-order valence-corrected chi connectivity index (χ3v) is 1.69. The van der Waals surface area contributed by atoms with E-state index >= 15 is 0 Å². The molecule has 2 radical (unpaired) electrons. The Morgan fingerprint density at radius 1 is 1.50 bits per heavy atom. The zero-order valence-corrected chi connectivity index (χ0v) is 6.94. The molecule has 1 atom stereocenters. The first kappa shape index (κ1) is 7.65. The van der Waals surface area contributed by atoms with E-state index in [1.54, 1.807) is 0 Å². The second-order valence-electron chi connectivity index (χ2n) is 3.56. The zero-order chi connectivity index (χ0) is 7.78. The molecular formula is C9H13B. The third-order valence-electron chi connectivity index (χ3n) is 1.69. The van der Waals surface area contributed by atoms with Gasteiger partial charge in [0.2, 0.25) is 0 Å². The fraction of sp³-hybridized carbons (Fsp3) is 0.556. The molecule has 0 N–H and O–H groups in total. The molecule has 0 saturated carbocycles. The van der Waals surface area contributed by atoms with Crippen molar-refractivity contribution in [3.05, 3.63) is 23.3 Å². The average molecular weight is 132 g/mol. The van der Waals surface area contributed by atoms with E-state index in [0.717, 1.165) is 6.42 Å². The molecule has 1 heteroatoms. The predicted molar refractivity (Wildman–Crippen MR) is 46.3 cm³/mol. The van der Waals surface area contributed by atoms with Crippen LogP contribution >= 0.6 is 0 Å². The molecule has 1 aliphatic rings. The summed E-state index contributed by atoms with van der Waals surface area (Å²) in [4.78, 5) is 0. The molecular weight excluding hydrogens is 119 g/mol. The van der Waals surface area contributed by atoms with Crippen LogP contribution in [-0.2, 0) is 0 Å².